The van der Waals surface area contributed by atoms with Crippen LogP contribution in [0.2, 0.25) is 0 Å². The number of carbonyl (C=O) groups is 1. The molecule has 0 aliphatic carbocycles. The number of aromatic nitrogens is 1. The van der Waals surface area contributed by atoms with Crippen molar-refractivity contribution < 1.29 is 18.0 Å². The fraction of sp³-hybridized carbons (Fsp3) is 0.267. The number of nitrogens with one attached hydrogen (secondary N) is 1. The summed E-state index contributed by atoms with van der Waals surface area (Å²) >= 11 is 3.14. The summed E-state index contributed by atoms with van der Waals surface area (Å²) in [5.41, 5.74) is 1.99. The van der Waals surface area contributed by atoms with Crippen LogP contribution in [0.3, 0.4) is 0 Å². The predicted molar refractivity (Wildman–Crippen MR) is 77.6 cm³/mol. The van der Waals surface area contributed by atoms with Crippen LogP contribution in [0.5, 0.6) is 0 Å². The fourth-order valence-corrected chi connectivity index (χ4v) is 2.51. The third-order valence-electron chi connectivity index (χ3n) is 3.58. The number of hydrogen-bond acceptors (Lipinski definition) is 1. The first-order valence-electron chi connectivity index (χ1n) is 6.20. The Morgan fingerprint density at radius 2 is 1.76 bits per heavy atom. The van der Waals surface area contributed by atoms with Crippen molar-refractivity contribution in [3.8, 4) is 0 Å². The summed E-state index contributed by atoms with van der Waals surface area (Å²) in [6.45, 7) is 5.45. The number of hydrogen-bond donors (Lipinski definition) is 1. The molecular formula is C15H13BrF3NO. The largest absolute Gasteiger partial charge is 0.416 e. The number of rotatable bonds is 2. The molecule has 1 aromatic carbocycles. The maximum absolute atomic E-state index is 12.8. The van der Waals surface area contributed by atoms with E-state index in [2.05, 4.69) is 20.9 Å². The topological polar surface area (TPSA) is 32.9 Å². The van der Waals surface area contributed by atoms with Gasteiger partial charge in [0.1, 0.15) is 0 Å². The molecule has 112 valence electrons. The van der Waals surface area contributed by atoms with E-state index in [0.29, 0.717) is 10.2 Å². The lowest BCUT2D eigenvalue weighted by Crippen LogP contribution is -2.10. The summed E-state index contributed by atoms with van der Waals surface area (Å²) in [7, 11) is 0. The van der Waals surface area contributed by atoms with Gasteiger partial charge in [-0.1, -0.05) is 15.9 Å². The van der Waals surface area contributed by atoms with Gasteiger partial charge in [0.15, 0.2) is 0 Å². The van der Waals surface area contributed by atoms with Crippen molar-refractivity contribution in [1.82, 2.24) is 4.98 Å². The Morgan fingerprint density at radius 3 is 2.24 bits per heavy atom. The van der Waals surface area contributed by atoms with Crippen LogP contribution in [-0.2, 0) is 6.18 Å². The monoisotopic (exact) mass is 359 g/mol. The van der Waals surface area contributed by atoms with Gasteiger partial charge in [0.05, 0.1) is 11.3 Å². The molecule has 0 atom stereocenters. The summed E-state index contributed by atoms with van der Waals surface area (Å²) in [4.78, 5) is 15.4. The van der Waals surface area contributed by atoms with E-state index in [1.54, 1.807) is 6.92 Å². The van der Waals surface area contributed by atoms with Crippen LogP contribution in [-0.4, -0.2) is 10.8 Å². The molecule has 2 aromatic rings. The van der Waals surface area contributed by atoms with Crippen molar-refractivity contribution in [1.29, 1.82) is 0 Å². The predicted octanol–water partition coefficient (Wildman–Crippen LogP) is 4.95. The lowest BCUT2D eigenvalue weighted by Gasteiger charge is -2.10. The van der Waals surface area contributed by atoms with Gasteiger partial charge in [0, 0.05) is 15.7 Å². The van der Waals surface area contributed by atoms with Crippen molar-refractivity contribution in [2.45, 2.75) is 26.9 Å². The highest BCUT2D eigenvalue weighted by molar-refractivity contribution is 9.10. The van der Waals surface area contributed by atoms with Gasteiger partial charge in [-0.15, -0.1) is 0 Å². The Balaban J connectivity index is 2.55. The van der Waals surface area contributed by atoms with Crippen molar-refractivity contribution in [2.24, 2.45) is 0 Å². The molecule has 0 aliphatic rings. The minimum atomic E-state index is -4.48. The second-order valence-electron chi connectivity index (χ2n) is 4.90. The zero-order valence-corrected chi connectivity index (χ0v) is 13.2. The van der Waals surface area contributed by atoms with Crippen LogP contribution in [0.4, 0.5) is 13.2 Å². The van der Waals surface area contributed by atoms with Gasteiger partial charge in [0.2, 0.25) is 5.78 Å². The molecule has 0 saturated carbocycles. The van der Waals surface area contributed by atoms with Gasteiger partial charge in [-0.2, -0.15) is 13.2 Å². The first-order chi connectivity index (χ1) is 9.62. The fourth-order valence-electron chi connectivity index (χ4n) is 2.08. The summed E-state index contributed by atoms with van der Waals surface area (Å²) in [6, 6.07) is 3.06. The molecule has 0 amide bonds. The minimum Gasteiger partial charge on any atom is -0.356 e. The van der Waals surface area contributed by atoms with E-state index in [4.69, 9.17) is 0 Å². The molecule has 21 heavy (non-hydrogen) atoms. The molecule has 1 aromatic heterocycles. The number of carbonyl (C=O) groups excluding carboxylic acids is 1. The van der Waals surface area contributed by atoms with Gasteiger partial charge in [0.25, 0.3) is 0 Å². The number of alkyl halides is 3. The quantitative estimate of drug-likeness (QED) is 0.755. The lowest BCUT2D eigenvalue weighted by atomic mass is 10.0. The van der Waals surface area contributed by atoms with E-state index in [1.807, 2.05) is 13.8 Å². The van der Waals surface area contributed by atoms with E-state index in [1.165, 1.54) is 6.07 Å². The molecule has 0 bridgehead atoms. The van der Waals surface area contributed by atoms with Crippen LogP contribution >= 0.6 is 15.9 Å². The van der Waals surface area contributed by atoms with E-state index in [-0.39, 0.29) is 5.56 Å². The average molecular weight is 360 g/mol. The molecule has 2 nitrogen and oxygen atoms in total. The smallest absolute Gasteiger partial charge is 0.356 e. The Hall–Kier alpha value is -1.56. The Bertz CT molecular complexity index is 716. The normalized spacial score (nSPS) is 11.8. The van der Waals surface area contributed by atoms with Gasteiger partial charge in [-0.3, -0.25) is 4.79 Å². The molecule has 0 saturated heterocycles. The Kier molecular flexibility index (Phi) is 4.02. The zero-order valence-electron chi connectivity index (χ0n) is 11.7. The Morgan fingerprint density at radius 1 is 1.14 bits per heavy atom. The number of H-pyrrole nitrogens is 1. The van der Waals surface area contributed by atoms with Crippen LogP contribution in [0.25, 0.3) is 0 Å². The lowest BCUT2D eigenvalue weighted by molar-refractivity contribution is -0.137. The van der Waals surface area contributed by atoms with Gasteiger partial charge in [-0.25, -0.2) is 0 Å². The van der Waals surface area contributed by atoms with E-state index < -0.39 is 17.5 Å². The average Bonchev–Trinajstić information content (AvgIpc) is 2.65. The molecule has 0 spiro atoms. The molecule has 0 fully saturated rings. The molecule has 0 aliphatic heterocycles. The van der Waals surface area contributed by atoms with Gasteiger partial charge in [-0.05, 0) is 50.1 Å². The van der Waals surface area contributed by atoms with E-state index in [9.17, 15) is 18.0 Å². The van der Waals surface area contributed by atoms with Crippen molar-refractivity contribution >= 4 is 21.7 Å². The highest BCUT2D eigenvalue weighted by Crippen LogP contribution is 2.33. The molecule has 0 unspecified atom stereocenters. The van der Waals surface area contributed by atoms with E-state index in [0.717, 1.165) is 29.0 Å². The Labute approximate surface area is 128 Å². The summed E-state index contributed by atoms with van der Waals surface area (Å²) < 4.78 is 38.7. The molecule has 6 heteroatoms. The maximum atomic E-state index is 12.8. The van der Waals surface area contributed by atoms with Crippen molar-refractivity contribution in [3.05, 3.63) is 56.3 Å². The van der Waals surface area contributed by atoms with Crippen LogP contribution < -0.4 is 0 Å². The highest BCUT2D eigenvalue weighted by atomic mass is 79.9. The minimum absolute atomic E-state index is 0.00539. The van der Waals surface area contributed by atoms with Crippen LogP contribution in [0, 0.1) is 20.8 Å². The standard InChI is InChI=1S/C15H13BrF3NO/c1-7-8(2)13(20-9(7)3)14(21)11-6-10(15(17,18)19)4-5-12(11)16/h4-6,20H,1-3H3. The third kappa shape index (κ3) is 2.90. The summed E-state index contributed by atoms with van der Waals surface area (Å²) in [5, 5.41) is 0. The summed E-state index contributed by atoms with van der Waals surface area (Å²) in [5.74, 6) is -0.457. The first-order valence-corrected chi connectivity index (χ1v) is 6.99. The highest BCUT2D eigenvalue weighted by Gasteiger charge is 2.32. The number of ketones is 1. The number of benzene rings is 1. The number of aromatic amines is 1. The SMILES string of the molecule is Cc1[nH]c(C(=O)c2cc(C(F)(F)F)ccc2Br)c(C)c1C. The van der Waals surface area contributed by atoms with E-state index >= 15 is 0 Å². The molecule has 0 radical (unpaired) electrons. The molecule has 1 N–H and O–H groups in total. The molecular weight excluding hydrogens is 347 g/mol. The maximum Gasteiger partial charge on any atom is 0.416 e. The van der Waals surface area contributed by atoms with Crippen LogP contribution in [0.15, 0.2) is 22.7 Å². The second-order valence-corrected chi connectivity index (χ2v) is 5.75. The zero-order chi connectivity index (χ0) is 15.9. The van der Waals surface area contributed by atoms with Gasteiger partial charge >= 0.3 is 6.18 Å². The first kappa shape index (κ1) is 15.8. The van der Waals surface area contributed by atoms with Crippen molar-refractivity contribution in [2.75, 3.05) is 0 Å². The second kappa shape index (κ2) is 5.33. The number of halogens is 4. The molecule has 2 rings (SSSR count). The van der Waals surface area contributed by atoms with Gasteiger partial charge < -0.3 is 4.98 Å². The summed E-state index contributed by atoms with van der Waals surface area (Å²) in [6.07, 6.45) is -4.48. The van der Waals surface area contributed by atoms with Crippen molar-refractivity contribution in [3.63, 3.8) is 0 Å². The number of aryl methyl sites for hydroxylation is 1. The molecule has 1 heterocycles. The van der Waals surface area contributed by atoms with Crippen LogP contribution in [0.1, 0.15) is 38.4 Å². The third-order valence-corrected chi connectivity index (χ3v) is 4.27.